The molecular weight excluding hydrogens is 548 g/mol. The summed E-state index contributed by atoms with van der Waals surface area (Å²) in [5.74, 6) is 1.55. The van der Waals surface area contributed by atoms with Crippen LogP contribution in [0.4, 0.5) is 0 Å². The molecule has 2 aliphatic heterocycles. The van der Waals surface area contributed by atoms with Gasteiger partial charge in [0.15, 0.2) is 10.9 Å². The predicted molar refractivity (Wildman–Crippen MR) is 148 cm³/mol. The third kappa shape index (κ3) is 4.25. The molecule has 0 aliphatic carbocycles. The molecule has 2 aliphatic rings. The lowest BCUT2D eigenvalue weighted by Crippen LogP contribution is -2.44. The first-order valence-electron chi connectivity index (χ1n) is 11.6. The molecule has 4 aromatic rings. The van der Waals surface area contributed by atoms with Crippen molar-refractivity contribution in [2.45, 2.75) is 31.3 Å². The molecule has 0 saturated heterocycles. The zero-order valence-electron chi connectivity index (χ0n) is 19.7. The highest BCUT2D eigenvalue weighted by Crippen LogP contribution is 2.40. The third-order valence-corrected chi connectivity index (χ3v) is 9.82. The van der Waals surface area contributed by atoms with E-state index in [4.69, 9.17) is 28.8 Å². The molecule has 12 heteroatoms. The summed E-state index contributed by atoms with van der Waals surface area (Å²) in [5.41, 5.74) is 3.91. The van der Waals surface area contributed by atoms with E-state index < -0.39 is 10.0 Å². The number of aliphatic imine (C=N–C) groups is 1. The van der Waals surface area contributed by atoms with Crippen LogP contribution in [0.15, 0.2) is 64.5 Å². The normalized spacial score (nSPS) is 14.8. The Hall–Kier alpha value is -3.12. The summed E-state index contributed by atoms with van der Waals surface area (Å²) < 4.78 is 30.3. The van der Waals surface area contributed by atoms with Crippen LogP contribution in [0.25, 0.3) is 5.00 Å². The largest absolute Gasteiger partial charge is 0.343 e. The lowest BCUT2D eigenvalue weighted by Gasteiger charge is -2.29. The topological polar surface area (TPSA) is 92.5 Å². The number of nitrogens with zero attached hydrogens (tertiary/aromatic N) is 5. The maximum atomic E-state index is 12.8. The molecule has 0 bridgehead atoms. The Morgan fingerprint density at radius 3 is 2.65 bits per heavy atom. The molecule has 6 rings (SSSR count). The van der Waals surface area contributed by atoms with Gasteiger partial charge in [0.25, 0.3) is 10.0 Å². The standard InChI is InChI=1S/C25H21ClN6O2S3/c1-15-28-29-21-13-27-23(17-9-5-6-10-19(17)26)22-18-11-12-31(14-20(18)36-24(22)32(15)21)25(35)30-37(33,34)16-7-3-2-4-8-16/h2-10H,11-14H2,1H3,(H,30,35). The van der Waals surface area contributed by atoms with Gasteiger partial charge in [-0.1, -0.05) is 48.0 Å². The highest BCUT2D eigenvalue weighted by molar-refractivity contribution is 7.91. The van der Waals surface area contributed by atoms with E-state index in [2.05, 4.69) is 19.5 Å². The van der Waals surface area contributed by atoms with Crippen LogP contribution in [0.2, 0.25) is 5.02 Å². The fraction of sp³-hybridized carbons (Fsp3) is 0.200. The Balaban J connectivity index is 1.38. The Morgan fingerprint density at radius 1 is 1.11 bits per heavy atom. The van der Waals surface area contributed by atoms with Crippen LogP contribution in [-0.4, -0.2) is 45.5 Å². The Morgan fingerprint density at radius 2 is 1.86 bits per heavy atom. The highest BCUT2D eigenvalue weighted by Gasteiger charge is 2.33. The SMILES string of the molecule is Cc1nnc2n1-c1sc3c(c1C(c1ccccc1Cl)=NC2)CCN(C(=S)NS(=O)(=O)c1ccccc1)C3. The number of aryl methyl sites for hydroxylation is 1. The quantitative estimate of drug-likeness (QED) is 0.371. The number of sulfonamides is 1. The average Bonchev–Trinajstić information content (AvgIpc) is 3.40. The van der Waals surface area contributed by atoms with Gasteiger partial charge in [0.1, 0.15) is 17.4 Å². The molecule has 2 aromatic heterocycles. The van der Waals surface area contributed by atoms with Crippen molar-refractivity contribution in [3.8, 4) is 5.00 Å². The van der Waals surface area contributed by atoms with E-state index in [1.807, 2.05) is 36.1 Å². The van der Waals surface area contributed by atoms with Gasteiger partial charge >= 0.3 is 0 Å². The second kappa shape index (κ2) is 9.32. The molecular formula is C25H21ClN6O2S3. The number of halogens is 1. The average molecular weight is 569 g/mol. The summed E-state index contributed by atoms with van der Waals surface area (Å²) in [6, 6.07) is 15.9. The number of thiophene rings is 1. The molecule has 0 unspecified atom stereocenters. The van der Waals surface area contributed by atoms with Crippen molar-refractivity contribution >= 4 is 56.0 Å². The minimum Gasteiger partial charge on any atom is -0.343 e. The van der Waals surface area contributed by atoms with Crippen molar-refractivity contribution in [3.05, 3.63) is 92.8 Å². The number of thiocarbonyl (C=S) groups is 1. The monoisotopic (exact) mass is 568 g/mol. The fourth-order valence-corrected chi connectivity index (χ4v) is 7.81. The van der Waals surface area contributed by atoms with E-state index in [1.165, 1.54) is 5.56 Å². The van der Waals surface area contributed by atoms with Gasteiger partial charge in [0.2, 0.25) is 0 Å². The van der Waals surface area contributed by atoms with Gasteiger partial charge in [-0.25, -0.2) is 8.42 Å². The fourth-order valence-electron chi connectivity index (χ4n) is 4.68. The predicted octanol–water partition coefficient (Wildman–Crippen LogP) is 4.26. The van der Waals surface area contributed by atoms with Crippen LogP contribution in [0, 0.1) is 6.92 Å². The zero-order chi connectivity index (χ0) is 25.7. The third-order valence-electron chi connectivity index (χ3n) is 6.44. The van der Waals surface area contributed by atoms with Gasteiger partial charge in [0.05, 0.1) is 17.2 Å². The summed E-state index contributed by atoms with van der Waals surface area (Å²) in [6.07, 6.45) is 0.675. The highest BCUT2D eigenvalue weighted by atomic mass is 35.5. The molecule has 37 heavy (non-hydrogen) atoms. The second-order valence-corrected chi connectivity index (χ2v) is 12.3. The van der Waals surface area contributed by atoms with Gasteiger partial charge in [-0.2, -0.15) is 0 Å². The van der Waals surface area contributed by atoms with E-state index in [1.54, 1.807) is 41.7 Å². The number of nitrogens with one attached hydrogen (secondary N) is 1. The van der Waals surface area contributed by atoms with Crippen LogP contribution in [0.1, 0.15) is 33.2 Å². The van der Waals surface area contributed by atoms with E-state index in [-0.39, 0.29) is 10.0 Å². The first-order chi connectivity index (χ1) is 17.8. The summed E-state index contributed by atoms with van der Waals surface area (Å²) in [5, 5.41) is 10.5. The van der Waals surface area contributed by atoms with Gasteiger partial charge in [-0.3, -0.25) is 14.3 Å². The van der Waals surface area contributed by atoms with Crippen LogP contribution in [0.5, 0.6) is 0 Å². The van der Waals surface area contributed by atoms with Crippen LogP contribution < -0.4 is 4.72 Å². The minimum absolute atomic E-state index is 0.175. The van der Waals surface area contributed by atoms with Crippen molar-refractivity contribution in [3.63, 3.8) is 0 Å². The van der Waals surface area contributed by atoms with Crippen LogP contribution >= 0.6 is 35.2 Å². The first kappa shape index (κ1) is 24.2. The molecule has 4 heterocycles. The Kier molecular flexibility index (Phi) is 6.10. The number of aromatic nitrogens is 3. The molecule has 2 aromatic carbocycles. The van der Waals surface area contributed by atoms with Gasteiger partial charge in [0, 0.05) is 27.6 Å². The molecule has 0 fully saturated rings. The van der Waals surface area contributed by atoms with Crippen LogP contribution in [0.3, 0.4) is 0 Å². The molecule has 0 radical (unpaired) electrons. The maximum absolute atomic E-state index is 12.8. The van der Waals surface area contributed by atoms with Crippen molar-refractivity contribution in [1.82, 2.24) is 24.4 Å². The number of benzene rings is 2. The van der Waals surface area contributed by atoms with Crippen molar-refractivity contribution < 1.29 is 8.42 Å². The second-order valence-electron chi connectivity index (χ2n) is 8.72. The van der Waals surface area contributed by atoms with Crippen molar-refractivity contribution in [2.24, 2.45) is 4.99 Å². The zero-order valence-corrected chi connectivity index (χ0v) is 22.9. The van der Waals surface area contributed by atoms with E-state index >= 15 is 0 Å². The van der Waals surface area contributed by atoms with E-state index in [0.29, 0.717) is 31.1 Å². The lowest BCUT2D eigenvalue weighted by atomic mass is 9.95. The number of hydrogen-bond donors (Lipinski definition) is 1. The first-order valence-corrected chi connectivity index (χ1v) is 14.6. The van der Waals surface area contributed by atoms with Crippen molar-refractivity contribution in [1.29, 1.82) is 0 Å². The summed E-state index contributed by atoms with van der Waals surface area (Å²) in [6.45, 7) is 3.37. The Labute approximate surface area is 228 Å². The summed E-state index contributed by atoms with van der Waals surface area (Å²) in [7, 11) is -3.76. The smallest absolute Gasteiger partial charge is 0.263 e. The van der Waals surface area contributed by atoms with E-state index in [9.17, 15) is 8.42 Å². The molecule has 8 nitrogen and oxygen atoms in total. The molecule has 1 N–H and O–H groups in total. The molecule has 0 atom stereocenters. The maximum Gasteiger partial charge on any atom is 0.263 e. The minimum atomic E-state index is -3.76. The van der Waals surface area contributed by atoms with Gasteiger partial charge < -0.3 is 4.90 Å². The number of rotatable bonds is 3. The Bertz CT molecular complexity index is 1680. The summed E-state index contributed by atoms with van der Waals surface area (Å²) in [4.78, 5) is 8.11. The van der Waals surface area contributed by atoms with Gasteiger partial charge in [-0.15, -0.1) is 21.5 Å². The van der Waals surface area contributed by atoms with E-state index in [0.717, 1.165) is 38.4 Å². The molecule has 0 spiro atoms. The van der Waals surface area contributed by atoms with Crippen LogP contribution in [-0.2, 0) is 29.5 Å². The number of fused-ring (bicyclic) bond motifs is 5. The molecule has 0 amide bonds. The molecule has 188 valence electrons. The van der Waals surface area contributed by atoms with Crippen molar-refractivity contribution in [2.75, 3.05) is 6.54 Å². The van der Waals surface area contributed by atoms with Gasteiger partial charge in [-0.05, 0) is 49.3 Å². The lowest BCUT2D eigenvalue weighted by molar-refractivity contribution is 0.398. The molecule has 0 saturated carbocycles. The number of hydrogen-bond acceptors (Lipinski definition) is 7. The summed E-state index contributed by atoms with van der Waals surface area (Å²) >= 11 is 13.8.